The van der Waals surface area contributed by atoms with Crippen LogP contribution in [-0.2, 0) is 10.3 Å². The first-order chi connectivity index (χ1) is 10.7. The molecule has 114 valence electrons. The molecule has 1 saturated heterocycles. The Morgan fingerprint density at radius 3 is 2.32 bits per heavy atom. The van der Waals surface area contributed by atoms with E-state index in [0.29, 0.717) is 0 Å². The maximum atomic E-state index is 12.3. The van der Waals surface area contributed by atoms with Gasteiger partial charge in [-0.05, 0) is 18.1 Å². The molecule has 4 nitrogen and oxygen atoms in total. The van der Waals surface area contributed by atoms with Crippen molar-refractivity contribution in [3.63, 3.8) is 0 Å². The maximum Gasteiger partial charge on any atom is 0.411 e. The highest BCUT2D eigenvalue weighted by atomic mass is 16.6. The fraction of sp³-hybridized carbons (Fsp3) is 0.278. The van der Waals surface area contributed by atoms with E-state index < -0.39 is 11.6 Å². The number of aliphatic hydroxyl groups is 1. The van der Waals surface area contributed by atoms with E-state index in [9.17, 15) is 9.90 Å². The van der Waals surface area contributed by atoms with Crippen LogP contribution in [0.2, 0.25) is 0 Å². The molecule has 0 spiro atoms. The first-order valence-corrected chi connectivity index (χ1v) is 7.36. The van der Waals surface area contributed by atoms with Crippen LogP contribution in [0.5, 0.6) is 0 Å². The van der Waals surface area contributed by atoms with Gasteiger partial charge in [-0.2, -0.15) is 0 Å². The Morgan fingerprint density at radius 2 is 1.73 bits per heavy atom. The Labute approximate surface area is 130 Å². The van der Waals surface area contributed by atoms with Crippen LogP contribution in [0, 0.1) is 0 Å². The van der Waals surface area contributed by atoms with Crippen LogP contribution >= 0.6 is 0 Å². The first-order valence-electron chi connectivity index (χ1n) is 7.36. The number of rotatable bonds is 4. The minimum Gasteiger partial charge on any atom is -0.446 e. The van der Waals surface area contributed by atoms with E-state index in [4.69, 9.17) is 4.74 Å². The molecule has 1 heterocycles. The largest absolute Gasteiger partial charge is 0.446 e. The van der Waals surface area contributed by atoms with Crippen LogP contribution in [-0.4, -0.2) is 29.3 Å². The predicted octanol–water partition coefficient (Wildman–Crippen LogP) is 3.09. The highest BCUT2D eigenvalue weighted by Crippen LogP contribution is 2.40. The van der Waals surface area contributed by atoms with Crippen molar-refractivity contribution in [1.82, 2.24) is 4.90 Å². The number of ether oxygens (including phenoxy) is 1. The van der Waals surface area contributed by atoms with Gasteiger partial charge in [0.15, 0.2) is 0 Å². The molecule has 1 fully saturated rings. The molecule has 0 radical (unpaired) electrons. The second-order valence-electron chi connectivity index (χ2n) is 5.57. The molecule has 4 heteroatoms. The topological polar surface area (TPSA) is 49.8 Å². The Hall–Kier alpha value is -2.33. The van der Waals surface area contributed by atoms with Gasteiger partial charge in [0, 0.05) is 0 Å². The van der Waals surface area contributed by atoms with Gasteiger partial charge in [-0.3, -0.25) is 4.90 Å². The quantitative estimate of drug-likeness (QED) is 0.943. The molecule has 0 saturated carbocycles. The Bertz CT molecular complexity index is 644. The number of benzene rings is 2. The molecule has 0 aliphatic carbocycles. The third-order valence-corrected chi connectivity index (χ3v) is 4.33. The number of hydrogen-bond acceptors (Lipinski definition) is 3. The summed E-state index contributed by atoms with van der Waals surface area (Å²) in [7, 11) is 0. The van der Waals surface area contributed by atoms with Gasteiger partial charge in [-0.15, -0.1) is 0 Å². The van der Waals surface area contributed by atoms with E-state index in [1.54, 1.807) is 4.90 Å². The third-order valence-electron chi connectivity index (χ3n) is 4.33. The van der Waals surface area contributed by atoms with Gasteiger partial charge in [0.05, 0.1) is 12.6 Å². The predicted molar refractivity (Wildman–Crippen MR) is 83.2 cm³/mol. The lowest BCUT2D eigenvalue weighted by molar-refractivity contribution is 0.0606. The molecule has 2 atom stereocenters. The highest BCUT2D eigenvalue weighted by molar-refractivity contribution is 5.72. The summed E-state index contributed by atoms with van der Waals surface area (Å²) >= 11 is 0. The SMILES string of the molecule is C[C@H](c1ccccc1)N1C(=O)OC[C@@]1(CO)c1ccccc1. The lowest BCUT2D eigenvalue weighted by Crippen LogP contribution is -2.48. The average molecular weight is 297 g/mol. The van der Waals surface area contributed by atoms with Crippen LogP contribution in [0.1, 0.15) is 24.1 Å². The van der Waals surface area contributed by atoms with Gasteiger partial charge in [-0.25, -0.2) is 4.79 Å². The zero-order chi connectivity index (χ0) is 15.6. The van der Waals surface area contributed by atoms with Crippen molar-refractivity contribution in [2.24, 2.45) is 0 Å². The number of cyclic esters (lactones) is 1. The molecule has 0 aromatic heterocycles. The van der Waals surface area contributed by atoms with Gasteiger partial charge in [0.25, 0.3) is 0 Å². The maximum absolute atomic E-state index is 12.3. The van der Waals surface area contributed by atoms with Crippen molar-refractivity contribution in [3.05, 3.63) is 71.8 Å². The number of hydrogen-bond donors (Lipinski definition) is 1. The Morgan fingerprint density at radius 1 is 1.14 bits per heavy atom. The summed E-state index contributed by atoms with van der Waals surface area (Å²) in [4.78, 5) is 14.0. The van der Waals surface area contributed by atoms with Crippen molar-refractivity contribution in [3.8, 4) is 0 Å². The number of nitrogens with zero attached hydrogens (tertiary/aromatic N) is 1. The molecule has 1 amide bonds. The van der Waals surface area contributed by atoms with E-state index in [-0.39, 0.29) is 19.3 Å². The van der Waals surface area contributed by atoms with Crippen LogP contribution in [0.25, 0.3) is 0 Å². The van der Waals surface area contributed by atoms with E-state index in [1.165, 1.54) is 0 Å². The van der Waals surface area contributed by atoms with Crippen molar-refractivity contribution < 1.29 is 14.6 Å². The van der Waals surface area contributed by atoms with Gasteiger partial charge in [-0.1, -0.05) is 60.7 Å². The normalized spacial score (nSPS) is 22.5. The molecule has 1 aliphatic heterocycles. The van der Waals surface area contributed by atoms with E-state index in [1.807, 2.05) is 67.6 Å². The zero-order valence-corrected chi connectivity index (χ0v) is 12.5. The van der Waals surface area contributed by atoms with Crippen LogP contribution in [0.3, 0.4) is 0 Å². The average Bonchev–Trinajstić information content (AvgIpc) is 2.93. The summed E-state index contributed by atoms with van der Waals surface area (Å²) in [6, 6.07) is 19.1. The van der Waals surface area contributed by atoms with Crippen LogP contribution < -0.4 is 0 Å². The van der Waals surface area contributed by atoms with E-state index in [0.717, 1.165) is 11.1 Å². The summed E-state index contributed by atoms with van der Waals surface area (Å²) in [6.07, 6.45) is -0.394. The van der Waals surface area contributed by atoms with Crippen LogP contribution in [0.4, 0.5) is 4.79 Å². The molecule has 2 aromatic rings. The second kappa shape index (κ2) is 5.81. The zero-order valence-electron chi connectivity index (χ0n) is 12.5. The molecule has 0 unspecified atom stereocenters. The molecule has 1 N–H and O–H groups in total. The molecule has 1 aliphatic rings. The summed E-state index contributed by atoms with van der Waals surface area (Å²) in [5.41, 5.74) is 1.05. The molecule has 22 heavy (non-hydrogen) atoms. The first kappa shape index (κ1) is 14.6. The summed E-state index contributed by atoms with van der Waals surface area (Å²) in [5.74, 6) is 0. The third kappa shape index (κ3) is 2.25. The number of carbonyl (C=O) groups excluding carboxylic acids is 1. The summed E-state index contributed by atoms with van der Waals surface area (Å²) in [5, 5.41) is 10.1. The number of carbonyl (C=O) groups is 1. The van der Waals surface area contributed by atoms with Crippen LogP contribution in [0.15, 0.2) is 60.7 Å². The Balaban J connectivity index is 2.05. The monoisotopic (exact) mass is 297 g/mol. The van der Waals surface area contributed by atoms with Crippen molar-refractivity contribution in [2.45, 2.75) is 18.5 Å². The number of aliphatic hydroxyl groups excluding tert-OH is 1. The molecule has 2 aromatic carbocycles. The standard InChI is InChI=1S/C18H19NO3/c1-14(15-8-4-2-5-9-15)19-17(21)22-13-18(19,12-20)16-10-6-3-7-11-16/h2-11,14,20H,12-13H2,1H3/t14-,18+/m1/s1. The summed E-state index contributed by atoms with van der Waals surface area (Å²) in [6.45, 7) is 1.93. The van der Waals surface area contributed by atoms with Crippen molar-refractivity contribution in [1.29, 1.82) is 0 Å². The van der Waals surface area contributed by atoms with Gasteiger partial charge in [0.1, 0.15) is 12.1 Å². The fourth-order valence-electron chi connectivity index (χ4n) is 3.09. The van der Waals surface area contributed by atoms with Gasteiger partial charge < -0.3 is 9.84 Å². The van der Waals surface area contributed by atoms with Crippen molar-refractivity contribution >= 4 is 6.09 Å². The van der Waals surface area contributed by atoms with E-state index in [2.05, 4.69) is 0 Å². The molecule has 0 bridgehead atoms. The fourth-order valence-corrected chi connectivity index (χ4v) is 3.09. The molecular weight excluding hydrogens is 278 g/mol. The Kier molecular flexibility index (Phi) is 3.86. The second-order valence-corrected chi connectivity index (χ2v) is 5.57. The minimum atomic E-state index is -0.840. The minimum absolute atomic E-state index is 0.156. The van der Waals surface area contributed by atoms with Gasteiger partial charge in [0.2, 0.25) is 0 Å². The highest BCUT2D eigenvalue weighted by Gasteiger charge is 2.50. The lowest BCUT2D eigenvalue weighted by Gasteiger charge is -2.38. The number of amides is 1. The molecular formula is C18H19NO3. The van der Waals surface area contributed by atoms with Crippen molar-refractivity contribution in [2.75, 3.05) is 13.2 Å². The van der Waals surface area contributed by atoms with E-state index >= 15 is 0 Å². The smallest absolute Gasteiger partial charge is 0.411 e. The molecule has 3 rings (SSSR count). The summed E-state index contributed by atoms with van der Waals surface area (Å²) < 4.78 is 5.30. The lowest BCUT2D eigenvalue weighted by atomic mass is 9.88. The van der Waals surface area contributed by atoms with Gasteiger partial charge >= 0.3 is 6.09 Å².